The van der Waals surface area contributed by atoms with Crippen molar-refractivity contribution < 1.29 is 22.6 Å². The van der Waals surface area contributed by atoms with Gasteiger partial charge in [-0.2, -0.15) is 0 Å². The Morgan fingerprint density at radius 2 is 1.83 bits per heavy atom. The van der Waals surface area contributed by atoms with Gasteiger partial charge in [-0.25, -0.2) is 13.1 Å². The number of nitrogens with one attached hydrogen (secondary N) is 1. The van der Waals surface area contributed by atoms with Gasteiger partial charge < -0.3 is 14.2 Å². The highest BCUT2D eigenvalue weighted by atomic mass is 32.2. The topological polar surface area (TPSA) is 77.1 Å². The molecule has 1 atom stereocenters. The minimum absolute atomic E-state index is 0.189. The van der Waals surface area contributed by atoms with Crippen molar-refractivity contribution in [2.75, 3.05) is 46.1 Å². The standard InChI is InChI=1S/C15H22N2O5S/c1-12(11-17-4-6-20-7-5-17)16-23(18,19)13-2-3-14-15(10-13)22-9-8-21-14/h2-3,10,12,16H,4-9,11H2,1H3/t12-/m0/s1. The lowest BCUT2D eigenvalue weighted by Gasteiger charge is -2.29. The molecule has 0 amide bonds. The van der Waals surface area contributed by atoms with Crippen LogP contribution in [0.15, 0.2) is 23.1 Å². The molecule has 0 bridgehead atoms. The van der Waals surface area contributed by atoms with E-state index >= 15 is 0 Å². The molecule has 1 aromatic carbocycles. The molecule has 128 valence electrons. The number of sulfonamides is 1. The number of hydrogen-bond acceptors (Lipinski definition) is 6. The van der Waals surface area contributed by atoms with Crippen molar-refractivity contribution in [1.29, 1.82) is 0 Å². The first-order valence-electron chi connectivity index (χ1n) is 7.77. The Hall–Kier alpha value is -1.35. The predicted molar refractivity (Wildman–Crippen MR) is 84.5 cm³/mol. The SMILES string of the molecule is C[C@@H](CN1CCOCC1)NS(=O)(=O)c1ccc2c(c1)OCCO2. The monoisotopic (exact) mass is 342 g/mol. The largest absolute Gasteiger partial charge is 0.486 e. The second-order valence-electron chi connectivity index (χ2n) is 5.74. The van der Waals surface area contributed by atoms with Crippen LogP contribution in [0, 0.1) is 0 Å². The Kier molecular flexibility index (Phi) is 5.05. The molecule has 2 heterocycles. The molecule has 0 aliphatic carbocycles. The lowest BCUT2D eigenvalue weighted by molar-refractivity contribution is 0.0354. The molecule has 8 heteroatoms. The Labute approximate surface area is 136 Å². The van der Waals surface area contributed by atoms with Crippen LogP contribution in [0.4, 0.5) is 0 Å². The summed E-state index contributed by atoms with van der Waals surface area (Å²) >= 11 is 0. The Balaban J connectivity index is 1.66. The molecule has 1 N–H and O–H groups in total. The number of hydrogen-bond donors (Lipinski definition) is 1. The summed E-state index contributed by atoms with van der Waals surface area (Å²) in [6.45, 7) is 6.49. The fraction of sp³-hybridized carbons (Fsp3) is 0.600. The summed E-state index contributed by atoms with van der Waals surface area (Å²) in [7, 11) is -3.59. The zero-order chi connectivity index (χ0) is 16.3. The molecule has 7 nitrogen and oxygen atoms in total. The van der Waals surface area contributed by atoms with E-state index in [-0.39, 0.29) is 10.9 Å². The normalized spacial score (nSPS) is 20.2. The zero-order valence-electron chi connectivity index (χ0n) is 13.2. The molecule has 1 saturated heterocycles. The van der Waals surface area contributed by atoms with E-state index in [4.69, 9.17) is 14.2 Å². The van der Waals surface area contributed by atoms with Gasteiger partial charge in [0.15, 0.2) is 11.5 Å². The van der Waals surface area contributed by atoms with Crippen molar-refractivity contribution in [1.82, 2.24) is 9.62 Å². The van der Waals surface area contributed by atoms with E-state index in [2.05, 4.69) is 9.62 Å². The minimum atomic E-state index is -3.59. The summed E-state index contributed by atoms with van der Waals surface area (Å²) in [6.07, 6.45) is 0. The number of benzene rings is 1. The first kappa shape index (κ1) is 16.5. The third-order valence-electron chi connectivity index (χ3n) is 3.82. The number of rotatable bonds is 5. The average molecular weight is 342 g/mol. The van der Waals surface area contributed by atoms with Crippen LogP contribution in [0.2, 0.25) is 0 Å². The van der Waals surface area contributed by atoms with Gasteiger partial charge in [0, 0.05) is 31.7 Å². The van der Waals surface area contributed by atoms with E-state index in [0.29, 0.717) is 44.5 Å². The van der Waals surface area contributed by atoms with Gasteiger partial charge in [-0.3, -0.25) is 4.90 Å². The van der Waals surface area contributed by atoms with Crippen LogP contribution in [-0.4, -0.2) is 65.4 Å². The van der Waals surface area contributed by atoms with Crippen molar-refractivity contribution in [3.63, 3.8) is 0 Å². The summed E-state index contributed by atoms with van der Waals surface area (Å²) in [5.74, 6) is 1.05. The fourth-order valence-electron chi connectivity index (χ4n) is 2.73. The van der Waals surface area contributed by atoms with Crippen LogP contribution in [0.3, 0.4) is 0 Å². The van der Waals surface area contributed by atoms with E-state index < -0.39 is 10.0 Å². The van der Waals surface area contributed by atoms with Crippen molar-refractivity contribution in [3.05, 3.63) is 18.2 Å². The van der Waals surface area contributed by atoms with E-state index in [0.717, 1.165) is 13.1 Å². The number of morpholine rings is 1. The highest BCUT2D eigenvalue weighted by Gasteiger charge is 2.22. The van der Waals surface area contributed by atoms with Crippen LogP contribution in [0.1, 0.15) is 6.92 Å². The highest BCUT2D eigenvalue weighted by molar-refractivity contribution is 7.89. The van der Waals surface area contributed by atoms with Crippen LogP contribution < -0.4 is 14.2 Å². The van der Waals surface area contributed by atoms with Crippen molar-refractivity contribution >= 4 is 10.0 Å². The molecule has 1 aromatic rings. The van der Waals surface area contributed by atoms with Crippen molar-refractivity contribution in [2.45, 2.75) is 17.9 Å². The molecule has 0 radical (unpaired) electrons. The third-order valence-corrected chi connectivity index (χ3v) is 5.40. The van der Waals surface area contributed by atoms with E-state index in [1.165, 1.54) is 12.1 Å². The van der Waals surface area contributed by atoms with Gasteiger partial charge in [0.2, 0.25) is 10.0 Å². The lowest BCUT2D eigenvalue weighted by Crippen LogP contribution is -2.45. The maximum absolute atomic E-state index is 12.5. The van der Waals surface area contributed by atoms with Gasteiger partial charge >= 0.3 is 0 Å². The molecular weight excluding hydrogens is 320 g/mol. The molecule has 23 heavy (non-hydrogen) atoms. The molecule has 2 aliphatic rings. The third kappa shape index (κ3) is 4.14. The summed E-state index contributed by atoms with van der Waals surface area (Å²) in [5, 5.41) is 0. The summed E-state index contributed by atoms with van der Waals surface area (Å²) in [5.41, 5.74) is 0. The maximum atomic E-state index is 12.5. The quantitative estimate of drug-likeness (QED) is 0.838. The predicted octanol–water partition coefficient (Wildman–Crippen LogP) is 0.457. The van der Waals surface area contributed by atoms with Gasteiger partial charge in [-0.15, -0.1) is 0 Å². The maximum Gasteiger partial charge on any atom is 0.240 e. The second-order valence-corrected chi connectivity index (χ2v) is 7.45. The average Bonchev–Trinajstić information content (AvgIpc) is 2.54. The highest BCUT2D eigenvalue weighted by Crippen LogP contribution is 2.32. The minimum Gasteiger partial charge on any atom is -0.486 e. The molecular formula is C15H22N2O5S. The van der Waals surface area contributed by atoms with E-state index in [9.17, 15) is 8.42 Å². The fourth-order valence-corrected chi connectivity index (χ4v) is 3.98. The smallest absolute Gasteiger partial charge is 0.240 e. The number of ether oxygens (including phenoxy) is 3. The van der Waals surface area contributed by atoms with Crippen LogP contribution in [0.5, 0.6) is 11.5 Å². The Morgan fingerprint density at radius 1 is 1.13 bits per heavy atom. The zero-order valence-corrected chi connectivity index (χ0v) is 14.0. The van der Waals surface area contributed by atoms with E-state index in [1.54, 1.807) is 6.07 Å². The van der Waals surface area contributed by atoms with Gasteiger partial charge in [0.25, 0.3) is 0 Å². The van der Waals surface area contributed by atoms with Gasteiger partial charge in [0.1, 0.15) is 13.2 Å². The summed E-state index contributed by atoms with van der Waals surface area (Å²) in [4.78, 5) is 2.39. The van der Waals surface area contributed by atoms with Gasteiger partial charge in [-0.05, 0) is 19.1 Å². The first-order chi connectivity index (χ1) is 11.0. The van der Waals surface area contributed by atoms with Gasteiger partial charge in [-0.1, -0.05) is 0 Å². The number of nitrogens with zero attached hydrogens (tertiary/aromatic N) is 1. The Bertz CT molecular complexity index is 643. The molecule has 0 saturated carbocycles. The first-order valence-corrected chi connectivity index (χ1v) is 9.25. The summed E-state index contributed by atoms with van der Waals surface area (Å²) < 4.78 is 43.9. The second kappa shape index (κ2) is 7.04. The number of fused-ring (bicyclic) bond motifs is 1. The summed E-state index contributed by atoms with van der Waals surface area (Å²) in [6, 6.07) is 4.50. The molecule has 2 aliphatic heterocycles. The van der Waals surface area contributed by atoms with Gasteiger partial charge in [0.05, 0.1) is 18.1 Å². The van der Waals surface area contributed by atoms with Crippen LogP contribution in [0.25, 0.3) is 0 Å². The van der Waals surface area contributed by atoms with Crippen molar-refractivity contribution in [3.8, 4) is 11.5 Å². The Morgan fingerprint density at radius 3 is 2.57 bits per heavy atom. The molecule has 3 rings (SSSR count). The van der Waals surface area contributed by atoms with Crippen molar-refractivity contribution in [2.24, 2.45) is 0 Å². The van der Waals surface area contributed by atoms with E-state index in [1.807, 2.05) is 6.92 Å². The van der Waals surface area contributed by atoms with Crippen LogP contribution >= 0.6 is 0 Å². The molecule has 0 spiro atoms. The van der Waals surface area contributed by atoms with Crippen LogP contribution in [-0.2, 0) is 14.8 Å². The molecule has 1 fully saturated rings. The molecule has 0 unspecified atom stereocenters. The molecule has 0 aromatic heterocycles. The lowest BCUT2D eigenvalue weighted by atomic mass is 10.3.